The molecule has 1 heterocycles. The Bertz CT molecular complexity index is 227. The van der Waals surface area contributed by atoms with Gasteiger partial charge in [-0.3, -0.25) is 0 Å². The summed E-state index contributed by atoms with van der Waals surface area (Å²) in [5, 5.41) is 3.61. The Hall–Kier alpha value is -0.0800. The minimum absolute atomic E-state index is 0.445. The van der Waals surface area contributed by atoms with Gasteiger partial charge in [-0.25, -0.2) is 0 Å². The third kappa shape index (κ3) is 4.89. The van der Waals surface area contributed by atoms with Crippen LogP contribution in [0, 0.1) is 17.3 Å². The summed E-state index contributed by atoms with van der Waals surface area (Å²) in [5.74, 6) is 1.77. The van der Waals surface area contributed by atoms with Gasteiger partial charge < -0.3 is 10.2 Å². The highest BCUT2D eigenvalue weighted by molar-refractivity contribution is 4.85. The largest absolute Gasteiger partial charge is 0.316 e. The molecule has 1 aliphatic heterocycles. The Morgan fingerprint density at radius 3 is 2.56 bits per heavy atom. The van der Waals surface area contributed by atoms with E-state index in [0.717, 1.165) is 18.4 Å². The zero-order chi connectivity index (χ0) is 13.6. The molecule has 0 bridgehead atoms. The van der Waals surface area contributed by atoms with E-state index in [1.54, 1.807) is 0 Å². The second kappa shape index (κ2) is 7.49. The van der Waals surface area contributed by atoms with Crippen LogP contribution in [0.4, 0.5) is 0 Å². The fourth-order valence-electron chi connectivity index (χ4n) is 2.95. The smallest absolute Gasteiger partial charge is 0.00475 e. The standard InChI is InChI=1S/C16H34N2/c1-6-9-17-12-16(5,7-2)13-18-10-8-15(11-18)14(3)4/h14-15,17H,6-13H2,1-5H3. The Morgan fingerprint density at radius 2 is 2.06 bits per heavy atom. The van der Waals surface area contributed by atoms with Gasteiger partial charge in [-0.15, -0.1) is 0 Å². The SMILES string of the molecule is CCCNCC(C)(CC)CN1CCC(C(C)C)C1. The van der Waals surface area contributed by atoms with Gasteiger partial charge in [0, 0.05) is 19.6 Å². The van der Waals surface area contributed by atoms with Gasteiger partial charge in [-0.05, 0) is 49.6 Å². The Balaban J connectivity index is 2.38. The molecule has 0 aromatic heterocycles. The van der Waals surface area contributed by atoms with Crippen molar-refractivity contribution >= 4 is 0 Å². The summed E-state index contributed by atoms with van der Waals surface area (Å²) in [6.45, 7) is 18.0. The first-order valence-corrected chi connectivity index (χ1v) is 7.94. The third-order valence-electron chi connectivity index (χ3n) is 4.69. The molecular weight excluding hydrogens is 220 g/mol. The van der Waals surface area contributed by atoms with E-state index in [4.69, 9.17) is 0 Å². The molecule has 0 radical (unpaired) electrons. The first-order chi connectivity index (χ1) is 8.50. The van der Waals surface area contributed by atoms with Crippen molar-refractivity contribution in [3.8, 4) is 0 Å². The van der Waals surface area contributed by atoms with Crippen molar-refractivity contribution in [3.05, 3.63) is 0 Å². The first-order valence-electron chi connectivity index (χ1n) is 7.94. The molecule has 1 saturated heterocycles. The van der Waals surface area contributed by atoms with Crippen molar-refractivity contribution in [1.82, 2.24) is 10.2 Å². The number of nitrogens with zero attached hydrogens (tertiary/aromatic N) is 1. The zero-order valence-corrected chi connectivity index (χ0v) is 13.3. The highest BCUT2D eigenvalue weighted by atomic mass is 15.2. The fourth-order valence-corrected chi connectivity index (χ4v) is 2.95. The van der Waals surface area contributed by atoms with Gasteiger partial charge in [-0.1, -0.05) is 34.6 Å². The molecule has 18 heavy (non-hydrogen) atoms. The maximum atomic E-state index is 3.61. The van der Waals surface area contributed by atoms with Gasteiger partial charge in [0.15, 0.2) is 0 Å². The number of likely N-dealkylation sites (tertiary alicyclic amines) is 1. The van der Waals surface area contributed by atoms with E-state index in [2.05, 4.69) is 44.8 Å². The van der Waals surface area contributed by atoms with E-state index in [9.17, 15) is 0 Å². The highest BCUT2D eigenvalue weighted by Crippen LogP contribution is 2.28. The van der Waals surface area contributed by atoms with Crippen LogP contribution in [0.3, 0.4) is 0 Å². The summed E-state index contributed by atoms with van der Waals surface area (Å²) < 4.78 is 0. The predicted molar refractivity (Wildman–Crippen MR) is 80.9 cm³/mol. The Morgan fingerprint density at radius 1 is 1.33 bits per heavy atom. The van der Waals surface area contributed by atoms with Gasteiger partial charge in [-0.2, -0.15) is 0 Å². The lowest BCUT2D eigenvalue weighted by molar-refractivity contribution is 0.172. The van der Waals surface area contributed by atoms with Crippen LogP contribution in [0.15, 0.2) is 0 Å². The molecule has 1 N–H and O–H groups in total. The van der Waals surface area contributed by atoms with Crippen LogP contribution in [-0.4, -0.2) is 37.6 Å². The van der Waals surface area contributed by atoms with Crippen molar-refractivity contribution in [3.63, 3.8) is 0 Å². The average molecular weight is 254 g/mol. The topological polar surface area (TPSA) is 15.3 Å². The summed E-state index contributed by atoms with van der Waals surface area (Å²) in [7, 11) is 0. The van der Waals surface area contributed by atoms with E-state index in [0.29, 0.717) is 5.41 Å². The third-order valence-corrected chi connectivity index (χ3v) is 4.69. The second-order valence-electron chi connectivity index (χ2n) is 6.87. The molecule has 1 aliphatic rings. The number of rotatable bonds is 8. The summed E-state index contributed by atoms with van der Waals surface area (Å²) in [6, 6.07) is 0. The second-order valence-corrected chi connectivity index (χ2v) is 6.87. The van der Waals surface area contributed by atoms with Crippen LogP contribution in [0.2, 0.25) is 0 Å². The van der Waals surface area contributed by atoms with Crippen LogP contribution in [-0.2, 0) is 0 Å². The van der Waals surface area contributed by atoms with Crippen molar-refractivity contribution in [1.29, 1.82) is 0 Å². The van der Waals surface area contributed by atoms with Gasteiger partial charge in [0.05, 0.1) is 0 Å². The molecule has 0 aliphatic carbocycles. The normalized spacial score (nSPS) is 24.7. The van der Waals surface area contributed by atoms with E-state index in [1.165, 1.54) is 45.4 Å². The lowest BCUT2D eigenvalue weighted by atomic mass is 9.86. The molecule has 0 amide bonds. The molecule has 1 fully saturated rings. The Kier molecular flexibility index (Phi) is 6.65. The molecule has 108 valence electrons. The lowest BCUT2D eigenvalue weighted by Crippen LogP contribution is -2.41. The molecule has 0 aromatic rings. The Labute approximate surface area is 115 Å². The number of nitrogens with one attached hydrogen (secondary N) is 1. The van der Waals surface area contributed by atoms with E-state index < -0.39 is 0 Å². The predicted octanol–water partition coefficient (Wildman–Crippen LogP) is 3.38. The molecule has 2 nitrogen and oxygen atoms in total. The van der Waals surface area contributed by atoms with E-state index in [-0.39, 0.29) is 0 Å². The molecule has 2 heteroatoms. The van der Waals surface area contributed by atoms with Crippen molar-refractivity contribution in [2.75, 3.05) is 32.7 Å². The highest BCUT2D eigenvalue weighted by Gasteiger charge is 2.30. The van der Waals surface area contributed by atoms with Crippen LogP contribution >= 0.6 is 0 Å². The molecule has 0 aromatic carbocycles. The number of hydrogen-bond acceptors (Lipinski definition) is 2. The first kappa shape index (κ1) is 16.0. The van der Waals surface area contributed by atoms with Gasteiger partial charge in [0.2, 0.25) is 0 Å². The minimum atomic E-state index is 0.445. The summed E-state index contributed by atoms with van der Waals surface area (Å²) in [6.07, 6.45) is 3.91. The average Bonchev–Trinajstić information content (AvgIpc) is 2.78. The summed E-state index contributed by atoms with van der Waals surface area (Å²) in [4.78, 5) is 2.70. The van der Waals surface area contributed by atoms with Crippen molar-refractivity contribution < 1.29 is 0 Å². The molecular formula is C16H34N2. The van der Waals surface area contributed by atoms with E-state index in [1.807, 2.05) is 0 Å². The summed E-state index contributed by atoms with van der Waals surface area (Å²) >= 11 is 0. The van der Waals surface area contributed by atoms with Crippen LogP contribution < -0.4 is 5.32 Å². The van der Waals surface area contributed by atoms with E-state index >= 15 is 0 Å². The molecule has 1 rings (SSSR count). The number of hydrogen-bond donors (Lipinski definition) is 1. The van der Waals surface area contributed by atoms with Crippen LogP contribution in [0.25, 0.3) is 0 Å². The maximum Gasteiger partial charge on any atom is 0.00475 e. The van der Waals surface area contributed by atoms with Gasteiger partial charge in [0.25, 0.3) is 0 Å². The van der Waals surface area contributed by atoms with Gasteiger partial charge >= 0.3 is 0 Å². The van der Waals surface area contributed by atoms with Crippen LogP contribution in [0.1, 0.15) is 53.9 Å². The maximum absolute atomic E-state index is 3.61. The molecule has 2 unspecified atom stereocenters. The molecule has 0 saturated carbocycles. The van der Waals surface area contributed by atoms with Gasteiger partial charge in [0.1, 0.15) is 0 Å². The minimum Gasteiger partial charge on any atom is -0.316 e. The summed E-state index contributed by atoms with van der Waals surface area (Å²) in [5.41, 5.74) is 0.445. The van der Waals surface area contributed by atoms with Crippen molar-refractivity contribution in [2.45, 2.75) is 53.9 Å². The lowest BCUT2D eigenvalue weighted by Gasteiger charge is -2.33. The van der Waals surface area contributed by atoms with Crippen LogP contribution in [0.5, 0.6) is 0 Å². The quantitative estimate of drug-likeness (QED) is 0.668. The molecule has 0 spiro atoms. The fraction of sp³-hybridized carbons (Fsp3) is 1.00. The zero-order valence-electron chi connectivity index (χ0n) is 13.3. The monoisotopic (exact) mass is 254 g/mol. The molecule has 2 atom stereocenters. The van der Waals surface area contributed by atoms with Crippen molar-refractivity contribution in [2.24, 2.45) is 17.3 Å².